The van der Waals surface area contributed by atoms with Crippen molar-refractivity contribution in [3.8, 4) is 10.6 Å². The first-order chi connectivity index (χ1) is 8.82. The average molecular weight is 282 g/mol. The summed E-state index contributed by atoms with van der Waals surface area (Å²) in [4.78, 5) is 5.43. The second kappa shape index (κ2) is 4.98. The number of rotatable bonds is 2. The van der Waals surface area contributed by atoms with E-state index in [0.717, 1.165) is 16.6 Å². The molecule has 0 saturated heterocycles. The molecular formula is C14H16F2N2S. The third-order valence-electron chi connectivity index (χ3n) is 2.75. The van der Waals surface area contributed by atoms with Gasteiger partial charge in [-0.15, -0.1) is 11.3 Å². The molecule has 0 radical (unpaired) electrons. The molecule has 0 bridgehead atoms. The number of hydrogen-bond donors (Lipinski definition) is 1. The summed E-state index contributed by atoms with van der Waals surface area (Å²) >= 11 is 1.36. The van der Waals surface area contributed by atoms with Crippen LogP contribution < -0.4 is 5.73 Å². The molecular weight excluding hydrogens is 266 g/mol. The van der Waals surface area contributed by atoms with Crippen molar-refractivity contribution in [2.24, 2.45) is 5.73 Å². The molecule has 0 spiro atoms. The van der Waals surface area contributed by atoms with Gasteiger partial charge in [0.15, 0.2) is 0 Å². The molecule has 0 unspecified atom stereocenters. The molecule has 2 nitrogen and oxygen atoms in total. The van der Waals surface area contributed by atoms with Crippen LogP contribution in [0.1, 0.15) is 31.3 Å². The summed E-state index contributed by atoms with van der Waals surface area (Å²) in [6.07, 6.45) is 0. The SMILES string of the molecule is CC(C)(C)c1nc(-c2ccc(F)cc2F)sc1CN. The maximum absolute atomic E-state index is 13.8. The number of thiazole rings is 1. The summed E-state index contributed by atoms with van der Waals surface area (Å²) in [5.74, 6) is -1.19. The Kier molecular flexibility index (Phi) is 3.69. The van der Waals surface area contributed by atoms with Gasteiger partial charge < -0.3 is 5.73 Å². The monoisotopic (exact) mass is 282 g/mol. The highest BCUT2D eigenvalue weighted by molar-refractivity contribution is 7.15. The number of halogens is 2. The molecule has 1 aromatic heterocycles. The van der Waals surface area contributed by atoms with Crippen molar-refractivity contribution in [3.05, 3.63) is 40.4 Å². The largest absolute Gasteiger partial charge is 0.326 e. The predicted molar refractivity (Wildman–Crippen MR) is 74.1 cm³/mol. The van der Waals surface area contributed by atoms with Gasteiger partial charge >= 0.3 is 0 Å². The molecule has 2 N–H and O–H groups in total. The van der Waals surface area contributed by atoms with E-state index in [2.05, 4.69) is 4.98 Å². The van der Waals surface area contributed by atoms with Crippen molar-refractivity contribution < 1.29 is 8.78 Å². The average Bonchev–Trinajstić information content (AvgIpc) is 2.72. The van der Waals surface area contributed by atoms with Gasteiger partial charge in [-0.1, -0.05) is 20.8 Å². The van der Waals surface area contributed by atoms with Crippen molar-refractivity contribution in [2.45, 2.75) is 32.7 Å². The Labute approximate surface area is 115 Å². The summed E-state index contributed by atoms with van der Waals surface area (Å²) in [6, 6.07) is 3.52. The minimum Gasteiger partial charge on any atom is -0.326 e. The van der Waals surface area contributed by atoms with E-state index in [4.69, 9.17) is 5.73 Å². The molecule has 19 heavy (non-hydrogen) atoms. The number of hydrogen-bond acceptors (Lipinski definition) is 3. The highest BCUT2D eigenvalue weighted by atomic mass is 32.1. The highest BCUT2D eigenvalue weighted by Gasteiger charge is 2.23. The van der Waals surface area contributed by atoms with Crippen LogP contribution in [-0.2, 0) is 12.0 Å². The summed E-state index contributed by atoms with van der Waals surface area (Å²) in [7, 11) is 0. The molecule has 102 valence electrons. The molecule has 0 atom stereocenters. The molecule has 0 saturated carbocycles. The van der Waals surface area contributed by atoms with Crippen LogP contribution in [-0.4, -0.2) is 4.98 Å². The zero-order valence-electron chi connectivity index (χ0n) is 11.1. The quantitative estimate of drug-likeness (QED) is 0.908. The maximum atomic E-state index is 13.8. The fraction of sp³-hybridized carbons (Fsp3) is 0.357. The lowest BCUT2D eigenvalue weighted by molar-refractivity contribution is 0.566. The molecule has 0 aliphatic rings. The van der Waals surface area contributed by atoms with Gasteiger partial charge in [0.2, 0.25) is 0 Å². The molecule has 2 aromatic rings. The van der Waals surface area contributed by atoms with Crippen molar-refractivity contribution in [1.82, 2.24) is 4.98 Å². The van der Waals surface area contributed by atoms with Crippen molar-refractivity contribution in [2.75, 3.05) is 0 Å². The van der Waals surface area contributed by atoms with Gasteiger partial charge in [-0.3, -0.25) is 0 Å². The van der Waals surface area contributed by atoms with E-state index in [0.29, 0.717) is 17.1 Å². The van der Waals surface area contributed by atoms with Crippen LogP contribution in [0.4, 0.5) is 8.78 Å². The van der Waals surface area contributed by atoms with Crippen LogP contribution in [0.5, 0.6) is 0 Å². The van der Waals surface area contributed by atoms with E-state index in [1.165, 1.54) is 23.5 Å². The van der Waals surface area contributed by atoms with Gasteiger partial charge in [0.05, 0.1) is 5.69 Å². The minimum absolute atomic E-state index is 0.153. The second-order valence-corrected chi connectivity index (χ2v) is 6.45. The van der Waals surface area contributed by atoms with Crippen LogP contribution in [0.3, 0.4) is 0 Å². The first kappa shape index (κ1) is 14.1. The van der Waals surface area contributed by atoms with E-state index >= 15 is 0 Å². The van der Waals surface area contributed by atoms with Crippen molar-refractivity contribution in [3.63, 3.8) is 0 Å². The van der Waals surface area contributed by atoms with Crippen molar-refractivity contribution >= 4 is 11.3 Å². The molecule has 5 heteroatoms. The van der Waals surface area contributed by atoms with Gasteiger partial charge in [0, 0.05) is 28.5 Å². The lowest BCUT2D eigenvalue weighted by atomic mass is 9.91. The van der Waals surface area contributed by atoms with E-state index in [-0.39, 0.29) is 5.41 Å². The Hall–Kier alpha value is -1.33. The topological polar surface area (TPSA) is 38.9 Å². The maximum Gasteiger partial charge on any atom is 0.136 e. The second-order valence-electron chi connectivity index (χ2n) is 5.37. The lowest BCUT2D eigenvalue weighted by Gasteiger charge is -2.16. The van der Waals surface area contributed by atoms with Gasteiger partial charge in [-0.25, -0.2) is 13.8 Å². The first-order valence-electron chi connectivity index (χ1n) is 5.98. The summed E-state index contributed by atoms with van der Waals surface area (Å²) in [5.41, 5.74) is 6.75. The van der Waals surface area contributed by atoms with E-state index in [1.807, 2.05) is 20.8 Å². The standard InChI is InChI=1S/C14H16F2N2S/c1-14(2,3)12-11(7-17)19-13(18-12)9-5-4-8(15)6-10(9)16/h4-6H,7,17H2,1-3H3. The van der Waals surface area contributed by atoms with Crippen LogP contribution in [0.25, 0.3) is 10.6 Å². The van der Waals surface area contributed by atoms with Crippen LogP contribution in [0, 0.1) is 11.6 Å². The zero-order chi connectivity index (χ0) is 14.2. The van der Waals surface area contributed by atoms with Gasteiger partial charge in [0.25, 0.3) is 0 Å². The van der Waals surface area contributed by atoms with E-state index < -0.39 is 11.6 Å². The third kappa shape index (κ3) is 2.82. The van der Waals surface area contributed by atoms with Gasteiger partial charge in [0.1, 0.15) is 16.6 Å². The summed E-state index contributed by atoms with van der Waals surface area (Å²) in [5, 5.41) is 0.544. The molecule has 1 heterocycles. The highest BCUT2D eigenvalue weighted by Crippen LogP contribution is 2.35. The fourth-order valence-corrected chi connectivity index (χ4v) is 3.03. The molecule has 0 amide bonds. The van der Waals surface area contributed by atoms with E-state index in [1.54, 1.807) is 0 Å². The Morgan fingerprint density at radius 2 is 1.95 bits per heavy atom. The zero-order valence-corrected chi connectivity index (χ0v) is 11.9. The van der Waals surface area contributed by atoms with Crippen LogP contribution >= 0.6 is 11.3 Å². The first-order valence-corrected chi connectivity index (χ1v) is 6.80. The Morgan fingerprint density at radius 1 is 1.26 bits per heavy atom. The Morgan fingerprint density at radius 3 is 2.42 bits per heavy atom. The fourth-order valence-electron chi connectivity index (χ4n) is 1.85. The molecule has 1 aromatic carbocycles. The van der Waals surface area contributed by atoms with Crippen molar-refractivity contribution in [1.29, 1.82) is 0 Å². The number of aromatic nitrogens is 1. The predicted octanol–water partition coefficient (Wildman–Crippen LogP) is 3.84. The normalized spacial score (nSPS) is 11.9. The van der Waals surface area contributed by atoms with Gasteiger partial charge in [-0.2, -0.15) is 0 Å². The summed E-state index contributed by atoms with van der Waals surface area (Å²) in [6.45, 7) is 6.47. The van der Waals surface area contributed by atoms with Crippen LogP contribution in [0.2, 0.25) is 0 Å². The molecule has 2 rings (SSSR count). The Balaban J connectivity index is 2.55. The Bertz CT molecular complexity index is 600. The lowest BCUT2D eigenvalue weighted by Crippen LogP contribution is -2.15. The van der Waals surface area contributed by atoms with Crippen LogP contribution in [0.15, 0.2) is 18.2 Å². The minimum atomic E-state index is -0.599. The molecule has 0 aliphatic heterocycles. The smallest absolute Gasteiger partial charge is 0.136 e. The van der Waals surface area contributed by atoms with Gasteiger partial charge in [-0.05, 0) is 12.1 Å². The number of benzene rings is 1. The molecule has 0 aliphatic carbocycles. The third-order valence-corrected chi connectivity index (χ3v) is 3.87. The summed E-state index contributed by atoms with van der Waals surface area (Å²) < 4.78 is 26.7. The molecule has 0 fully saturated rings. The number of nitrogens with zero attached hydrogens (tertiary/aromatic N) is 1. The van der Waals surface area contributed by atoms with E-state index in [9.17, 15) is 8.78 Å². The number of nitrogens with two attached hydrogens (primary N) is 1.